The number of aliphatic hydroxyl groups excluding tert-OH is 1. The van der Waals surface area contributed by atoms with Crippen molar-refractivity contribution in [2.45, 2.75) is 18.9 Å². The summed E-state index contributed by atoms with van der Waals surface area (Å²) in [5.74, 6) is 5.62. The first-order valence-electron chi connectivity index (χ1n) is 5.78. The molecule has 0 radical (unpaired) electrons. The summed E-state index contributed by atoms with van der Waals surface area (Å²) in [7, 11) is 0. The zero-order chi connectivity index (χ0) is 13.1. The van der Waals surface area contributed by atoms with Gasteiger partial charge in [-0.25, -0.2) is 0 Å². The number of rotatable bonds is 6. The van der Waals surface area contributed by atoms with Gasteiger partial charge in [-0.2, -0.15) is 0 Å². The Morgan fingerprint density at radius 2 is 2.11 bits per heavy atom. The quantitative estimate of drug-likeness (QED) is 0.342. The van der Waals surface area contributed by atoms with Crippen molar-refractivity contribution in [1.29, 1.82) is 0 Å². The summed E-state index contributed by atoms with van der Waals surface area (Å²) in [6, 6.07) is 4.43. The highest BCUT2D eigenvalue weighted by atomic mass is 16.6. The van der Waals surface area contributed by atoms with Crippen LogP contribution in [0.3, 0.4) is 0 Å². The number of nitro benzene ring substituents is 1. The van der Waals surface area contributed by atoms with Crippen molar-refractivity contribution in [3.63, 3.8) is 0 Å². The lowest BCUT2D eigenvalue weighted by atomic mass is 10.2. The molecule has 7 heteroatoms. The third kappa shape index (κ3) is 3.08. The van der Waals surface area contributed by atoms with E-state index in [0.717, 1.165) is 12.8 Å². The van der Waals surface area contributed by atoms with Crippen LogP contribution in [0.5, 0.6) is 0 Å². The molecule has 1 aliphatic carbocycles. The van der Waals surface area contributed by atoms with E-state index >= 15 is 0 Å². The summed E-state index contributed by atoms with van der Waals surface area (Å²) in [5, 5.41) is 23.4. The second kappa shape index (κ2) is 5.19. The van der Waals surface area contributed by atoms with E-state index in [1.807, 2.05) is 0 Å². The highest BCUT2D eigenvalue weighted by Crippen LogP contribution is 2.32. The minimum atomic E-state index is -0.483. The monoisotopic (exact) mass is 252 g/mol. The number of nitrogens with one attached hydrogen (secondary N) is 2. The normalized spacial score (nSPS) is 16.1. The van der Waals surface area contributed by atoms with Crippen LogP contribution in [0, 0.1) is 16.0 Å². The second-order valence-corrected chi connectivity index (χ2v) is 4.46. The van der Waals surface area contributed by atoms with Gasteiger partial charge in [-0.15, -0.1) is 0 Å². The Morgan fingerprint density at radius 1 is 1.44 bits per heavy atom. The topological polar surface area (TPSA) is 113 Å². The number of aliphatic hydroxyl groups is 1. The van der Waals surface area contributed by atoms with Crippen molar-refractivity contribution in [2.24, 2.45) is 11.8 Å². The van der Waals surface area contributed by atoms with Crippen molar-refractivity contribution < 1.29 is 10.0 Å². The first-order chi connectivity index (χ1) is 8.60. The molecular weight excluding hydrogens is 236 g/mol. The van der Waals surface area contributed by atoms with Crippen LogP contribution in [0.25, 0.3) is 0 Å². The molecular formula is C11H16N4O3. The predicted molar refractivity (Wildman–Crippen MR) is 68.1 cm³/mol. The molecule has 7 nitrogen and oxygen atoms in total. The summed E-state index contributed by atoms with van der Waals surface area (Å²) in [5.41, 5.74) is 3.35. The lowest BCUT2D eigenvalue weighted by Crippen LogP contribution is -2.21. The number of anilines is 2. The zero-order valence-corrected chi connectivity index (χ0v) is 9.80. The molecule has 1 unspecified atom stereocenters. The lowest BCUT2D eigenvalue weighted by Gasteiger charge is -2.12. The fourth-order valence-corrected chi connectivity index (χ4v) is 1.77. The maximum atomic E-state index is 10.7. The molecule has 1 atom stereocenters. The van der Waals surface area contributed by atoms with Gasteiger partial charge in [0.1, 0.15) is 0 Å². The number of hydrogen-bond donors (Lipinski definition) is 4. The Kier molecular flexibility index (Phi) is 3.63. The molecule has 0 bridgehead atoms. The highest BCUT2D eigenvalue weighted by Gasteiger charge is 2.29. The summed E-state index contributed by atoms with van der Waals surface area (Å²) in [6.07, 6.45) is 1.69. The molecule has 1 saturated carbocycles. The zero-order valence-electron chi connectivity index (χ0n) is 9.80. The summed E-state index contributed by atoms with van der Waals surface area (Å²) in [6.45, 7) is 0.385. The second-order valence-electron chi connectivity index (χ2n) is 4.46. The van der Waals surface area contributed by atoms with E-state index in [1.165, 1.54) is 12.1 Å². The average Bonchev–Trinajstić information content (AvgIpc) is 3.19. The third-order valence-electron chi connectivity index (χ3n) is 2.98. The summed E-state index contributed by atoms with van der Waals surface area (Å²) >= 11 is 0. The Balaban J connectivity index is 2.05. The van der Waals surface area contributed by atoms with Crippen molar-refractivity contribution in [3.8, 4) is 0 Å². The largest absolute Gasteiger partial charge is 0.391 e. The lowest BCUT2D eigenvalue weighted by molar-refractivity contribution is -0.384. The fourth-order valence-electron chi connectivity index (χ4n) is 1.77. The van der Waals surface area contributed by atoms with Crippen LogP contribution >= 0.6 is 0 Å². The molecule has 1 aromatic carbocycles. The molecule has 1 fully saturated rings. The van der Waals surface area contributed by atoms with Crippen LogP contribution in [0.1, 0.15) is 12.8 Å². The van der Waals surface area contributed by atoms with Crippen molar-refractivity contribution >= 4 is 17.1 Å². The van der Waals surface area contributed by atoms with E-state index in [1.54, 1.807) is 6.07 Å². The number of nitrogens with two attached hydrogens (primary N) is 1. The number of non-ortho nitro benzene ring substituents is 1. The van der Waals surface area contributed by atoms with Gasteiger partial charge in [0.05, 0.1) is 16.7 Å². The summed E-state index contributed by atoms with van der Waals surface area (Å²) in [4.78, 5) is 10.3. The predicted octanol–water partition coefficient (Wildman–Crippen LogP) is 1.06. The molecule has 98 valence electrons. The van der Waals surface area contributed by atoms with Crippen LogP contribution < -0.4 is 16.6 Å². The molecule has 0 saturated heterocycles. The number of hydrogen-bond acceptors (Lipinski definition) is 6. The molecule has 5 N–H and O–H groups in total. The van der Waals surface area contributed by atoms with Gasteiger partial charge in [0.15, 0.2) is 0 Å². The Labute approximate surface area is 104 Å². The Morgan fingerprint density at radius 3 is 2.67 bits per heavy atom. The minimum Gasteiger partial charge on any atom is -0.391 e. The highest BCUT2D eigenvalue weighted by molar-refractivity contribution is 5.63. The molecule has 0 aliphatic heterocycles. The standard InChI is InChI=1S/C11H16N4O3/c12-14-9-3-8(4-10(5-9)15(17)18)13-6-11(16)7-1-2-7/h3-5,7,11,13-14,16H,1-2,6,12H2. The number of nitrogen functional groups attached to an aromatic ring is 1. The first kappa shape index (κ1) is 12.6. The van der Waals surface area contributed by atoms with Crippen molar-refractivity contribution in [2.75, 3.05) is 17.3 Å². The average molecular weight is 252 g/mol. The van der Waals surface area contributed by atoms with Gasteiger partial charge in [0.25, 0.3) is 5.69 Å². The first-order valence-corrected chi connectivity index (χ1v) is 5.78. The van der Waals surface area contributed by atoms with E-state index in [4.69, 9.17) is 5.84 Å². The van der Waals surface area contributed by atoms with Crippen LogP contribution in [-0.2, 0) is 0 Å². The summed E-state index contributed by atoms with van der Waals surface area (Å²) < 4.78 is 0. The minimum absolute atomic E-state index is 0.0474. The van der Waals surface area contributed by atoms with Crippen LogP contribution in [0.15, 0.2) is 18.2 Å². The van der Waals surface area contributed by atoms with Crippen LogP contribution in [0.4, 0.5) is 17.1 Å². The van der Waals surface area contributed by atoms with Crippen molar-refractivity contribution in [1.82, 2.24) is 0 Å². The number of benzene rings is 1. The molecule has 1 aromatic rings. The number of nitrogens with zero attached hydrogens (tertiary/aromatic N) is 1. The molecule has 0 aromatic heterocycles. The molecule has 0 spiro atoms. The molecule has 0 heterocycles. The molecule has 1 aliphatic rings. The van der Waals surface area contributed by atoms with Crippen molar-refractivity contribution in [3.05, 3.63) is 28.3 Å². The van der Waals surface area contributed by atoms with Gasteiger partial charge >= 0.3 is 0 Å². The maximum Gasteiger partial charge on any atom is 0.273 e. The number of hydrazine groups is 1. The van der Waals surface area contributed by atoms with E-state index in [9.17, 15) is 15.2 Å². The van der Waals surface area contributed by atoms with E-state index in [-0.39, 0.29) is 5.69 Å². The molecule has 0 amide bonds. The van der Waals surface area contributed by atoms with Gasteiger partial charge in [0.2, 0.25) is 0 Å². The Bertz CT molecular complexity index is 448. The van der Waals surface area contributed by atoms with Gasteiger partial charge in [0, 0.05) is 24.4 Å². The van der Waals surface area contributed by atoms with E-state index in [2.05, 4.69) is 10.7 Å². The fraction of sp³-hybridized carbons (Fsp3) is 0.455. The van der Waals surface area contributed by atoms with Gasteiger partial charge < -0.3 is 15.8 Å². The van der Waals surface area contributed by atoms with Gasteiger partial charge in [-0.3, -0.25) is 16.0 Å². The Hall–Kier alpha value is -1.86. The van der Waals surface area contributed by atoms with Crippen LogP contribution in [0.2, 0.25) is 0 Å². The molecule has 2 rings (SSSR count). The maximum absolute atomic E-state index is 10.7. The SMILES string of the molecule is NNc1cc(NCC(O)C2CC2)cc([N+](=O)[O-])c1. The van der Waals surface area contributed by atoms with Gasteiger partial charge in [-0.1, -0.05) is 0 Å². The van der Waals surface area contributed by atoms with E-state index in [0.29, 0.717) is 23.8 Å². The third-order valence-corrected chi connectivity index (χ3v) is 2.98. The van der Waals surface area contributed by atoms with E-state index < -0.39 is 11.0 Å². The number of nitro groups is 1. The van der Waals surface area contributed by atoms with Crippen LogP contribution in [-0.4, -0.2) is 22.7 Å². The van der Waals surface area contributed by atoms with Gasteiger partial charge in [-0.05, 0) is 24.8 Å². The molecule has 18 heavy (non-hydrogen) atoms. The smallest absolute Gasteiger partial charge is 0.273 e.